The van der Waals surface area contributed by atoms with Gasteiger partial charge in [-0.3, -0.25) is 9.59 Å². The third-order valence-electron chi connectivity index (χ3n) is 8.83. The molecule has 42 heavy (non-hydrogen) atoms. The molecule has 4 amide bonds. The zero-order valence-electron chi connectivity index (χ0n) is 24.5. The summed E-state index contributed by atoms with van der Waals surface area (Å²) in [5.41, 5.74) is 9.37. The smallest absolute Gasteiger partial charge is 0.321 e. The monoisotopic (exact) mass is 568 g/mol. The first-order chi connectivity index (χ1) is 20.1. The fourth-order valence-electron chi connectivity index (χ4n) is 5.86. The molecule has 1 unspecified atom stereocenters. The summed E-state index contributed by atoms with van der Waals surface area (Å²) in [7, 11) is 0. The molecule has 0 radical (unpaired) electrons. The maximum atomic E-state index is 14.0. The van der Waals surface area contributed by atoms with Crippen molar-refractivity contribution in [3.63, 3.8) is 0 Å². The molecule has 3 aromatic rings. The maximum Gasteiger partial charge on any atom is 0.321 e. The van der Waals surface area contributed by atoms with Crippen LogP contribution in [0, 0.1) is 11.3 Å². The zero-order valence-corrected chi connectivity index (χ0v) is 24.5. The largest absolute Gasteiger partial charge is 0.326 e. The van der Waals surface area contributed by atoms with Gasteiger partial charge in [0.15, 0.2) is 0 Å². The number of benzene rings is 3. The third-order valence-corrected chi connectivity index (χ3v) is 8.83. The van der Waals surface area contributed by atoms with Gasteiger partial charge in [-0.15, -0.1) is 0 Å². The average molecular weight is 569 g/mol. The van der Waals surface area contributed by atoms with Crippen LogP contribution in [-0.2, 0) is 16.0 Å². The highest BCUT2D eigenvalue weighted by Gasteiger charge is 2.53. The highest BCUT2D eigenvalue weighted by molar-refractivity contribution is 6.03. The first-order valence-electron chi connectivity index (χ1n) is 14.5. The summed E-state index contributed by atoms with van der Waals surface area (Å²) in [5, 5.41) is 12.4. The predicted molar refractivity (Wildman–Crippen MR) is 167 cm³/mol. The standard InChI is InChI=1S/C33H40N6O3/c1-32(2,34)33(3,26-17-14-23-8-4-6-10-27(23)37-29(26)40)30(41)36-24-15-12-22(13-16-24)25-9-5-7-11-28(25)38-31(42)39-20-18-35-19-21-39/h4-13,15-16,26,35H,14,17-21,34H2,1-3H3,(H,36,41)(H,37,40)(H,38,42)/t26-,33?/m0/s1. The van der Waals surface area contributed by atoms with Gasteiger partial charge in [0, 0.05) is 48.7 Å². The van der Waals surface area contributed by atoms with Crippen molar-refractivity contribution >= 4 is 34.9 Å². The van der Waals surface area contributed by atoms with Crippen molar-refractivity contribution in [3.05, 3.63) is 78.4 Å². The number of anilines is 3. The number of nitrogens with zero attached hydrogens (tertiary/aromatic N) is 1. The van der Waals surface area contributed by atoms with E-state index in [-0.39, 0.29) is 17.8 Å². The Morgan fingerprint density at radius 3 is 2.29 bits per heavy atom. The van der Waals surface area contributed by atoms with Gasteiger partial charge in [-0.05, 0) is 69.0 Å². The number of amides is 4. The first kappa shape index (κ1) is 29.3. The van der Waals surface area contributed by atoms with Gasteiger partial charge in [-0.25, -0.2) is 4.79 Å². The van der Waals surface area contributed by atoms with Crippen molar-refractivity contribution in [3.8, 4) is 11.1 Å². The molecule has 1 fully saturated rings. The molecule has 9 nitrogen and oxygen atoms in total. The van der Waals surface area contributed by atoms with Crippen molar-refractivity contribution < 1.29 is 14.4 Å². The molecule has 0 bridgehead atoms. The highest BCUT2D eigenvalue weighted by atomic mass is 16.2. The molecule has 3 aromatic carbocycles. The van der Waals surface area contributed by atoms with Gasteiger partial charge in [-0.1, -0.05) is 48.5 Å². The minimum absolute atomic E-state index is 0.123. The van der Waals surface area contributed by atoms with Crippen LogP contribution in [0.3, 0.4) is 0 Å². The van der Waals surface area contributed by atoms with E-state index >= 15 is 0 Å². The van der Waals surface area contributed by atoms with Gasteiger partial charge in [0.1, 0.15) is 0 Å². The molecule has 0 aliphatic carbocycles. The summed E-state index contributed by atoms with van der Waals surface area (Å²) in [6.07, 6.45) is 1.17. The number of nitrogens with one attached hydrogen (secondary N) is 4. The molecule has 0 spiro atoms. The predicted octanol–water partition coefficient (Wildman–Crippen LogP) is 4.67. The Labute approximate surface area is 247 Å². The molecule has 5 rings (SSSR count). The number of piperazine rings is 1. The second-order valence-electron chi connectivity index (χ2n) is 11.9. The van der Waals surface area contributed by atoms with Crippen molar-refractivity contribution in [1.29, 1.82) is 0 Å². The Balaban J connectivity index is 1.34. The van der Waals surface area contributed by atoms with E-state index in [1.165, 1.54) is 0 Å². The van der Waals surface area contributed by atoms with Gasteiger partial charge >= 0.3 is 6.03 Å². The van der Waals surface area contributed by atoms with Crippen molar-refractivity contribution in [2.75, 3.05) is 42.1 Å². The summed E-state index contributed by atoms with van der Waals surface area (Å²) in [5.74, 6) is -1.14. The molecule has 1 saturated heterocycles. The van der Waals surface area contributed by atoms with Crippen molar-refractivity contribution in [2.24, 2.45) is 17.1 Å². The highest BCUT2D eigenvalue weighted by Crippen LogP contribution is 2.43. The lowest BCUT2D eigenvalue weighted by Gasteiger charge is -2.44. The topological polar surface area (TPSA) is 129 Å². The van der Waals surface area contributed by atoms with Crippen molar-refractivity contribution in [2.45, 2.75) is 39.2 Å². The fourth-order valence-corrected chi connectivity index (χ4v) is 5.86. The van der Waals surface area contributed by atoms with E-state index in [1.54, 1.807) is 25.7 Å². The number of hydrogen-bond donors (Lipinski definition) is 5. The van der Waals surface area contributed by atoms with E-state index in [0.717, 1.165) is 41.2 Å². The van der Waals surface area contributed by atoms with Crippen LogP contribution in [0.25, 0.3) is 11.1 Å². The lowest BCUT2D eigenvalue weighted by Crippen LogP contribution is -2.61. The Morgan fingerprint density at radius 2 is 1.57 bits per heavy atom. The number of carbonyl (C=O) groups is 3. The Hall–Kier alpha value is -4.21. The lowest BCUT2D eigenvalue weighted by atomic mass is 9.62. The molecule has 2 aliphatic rings. The minimum atomic E-state index is -1.20. The van der Waals surface area contributed by atoms with Gasteiger partial charge in [0.2, 0.25) is 11.8 Å². The van der Waals surface area contributed by atoms with Gasteiger partial charge in [-0.2, -0.15) is 0 Å². The molecule has 2 atom stereocenters. The van der Waals surface area contributed by atoms with Crippen LogP contribution in [0.1, 0.15) is 32.8 Å². The summed E-state index contributed by atoms with van der Waals surface area (Å²) in [4.78, 5) is 42.1. The molecule has 0 aromatic heterocycles. The number of aryl methyl sites for hydroxylation is 1. The van der Waals surface area contributed by atoms with E-state index in [0.29, 0.717) is 31.6 Å². The maximum absolute atomic E-state index is 14.0. The van der Waals surface area contributed by atoms with Crippen LogP contribution in [0.15, 0.2) is 72.8 Å². The minimum Gasteiger partial charge on any atom is -0.326 e. The molecule has 2 aliphatic heterocycles. The summed E-state index contributed by atoms with van der Waals surface area (Å²) >= 11 is 0. The number of para-hydroxylation sites is 2. The van der Waals surface area contributed by atoms with Gasteiger partial charge in [0.05, 0.1) is 17.0 Å². The lowest BCUT2D eigenvalue weighted by molar-refractivity contribution is -0.139. The summed E-state index contributed by atoms with van der Waals surface area (Å²) in [6, 6.07) is 22.7. The molecule has 220 valence electrons. The van der Waals surface area contributed by atoms with Crippen molar-refractivity contribution in [1.82, 2.24) is 10.2 Å². The van der Waals surface area contributed by atoms with E-state index in [4.69, 9.17) is 5.73 Å². The second-order valence-corrected chi connectivity index (χ2v) is 11.9. The van der Waals surface area contributed by atoms with Crippen LogP contribution >= 0.6 is 0 Å². The quantitative estimate of drug-likeness (QED) is 0.295. The molecule has 2 heterocycles. The Bertz CT molecular complexity index is 1460. The Kier molecular flexibility index (Phi) is 8.34. The molecular formula is C33H40N6O3. The number of fused-ring (bicyclic) bond motifs is 1. The third kappa shape index (κ3) is 5.89. The molecule has 0 saturated carbocycles. The summed E-state index contributed by atoms with van der Waals surface area (Å²) < 4.78 is 0. The van der Waals surface area contributed by atoms with Crippen LogP contribution in [0.5, 0.6) is 0 Å². The fraction of sp³-hybridized carbons (Fsp3) is 0.364. The van der Waals surface area contributed by atoms with Gasteiger partial charge < -0.3 is 31.9 Å². The number of hydrogen-bond acceptors (Lipinski definition) is 5. The molecule has 9 heteroatoms. The SMILES string of the molecule is CC(C)(N)C(C)(C(=O)Nc1ccc(-c2ccccc2NC(=O)N2CCNCC2)cc1)[C@H]1CCc2ccccc2NC1=O. The number of nitrogens with two attached hydrogens (primary N) is 1. The second kappa shape index (κ2) is 12.0. The van der Waals surface area contributed by atoms with E-state index in [1.807, 2.05) is 72.8 Å². The Morgan fingerprint density at radius 1 is 0.905 bits per heavy atom. The van der Waals surface area contributed by atoms with Crippen LogP contribution in [0.4, 0.5) is 21.9 Å². The normalized spacial score (nSPS) is 18.6. The number of urea groups is 1. The van der Waals surface area contributed by atoms with Gasteiger partial charge in [0.25, 0.3) is 0 Å². The average Bonchev–Trinajstić information content (AvgIpc) is 3.15. The van der Waals surface area contributed by atoms with Crippen LogP contribution in [-0.4, -0.2) is 54.5 Å². The van der Waals surface area contributed by atoms with E-state index < -0.39 is 16.9 Å². The number of carbonyl (C=O) groups excluding carboxylic acids is 3. The molecule has 6 N–H and O–H groups in total. The van der Waals surface area contributed by atoms with Crippen LogP contribution < -0.4 is 27.0 Å². The molecular weight excluding hydrogens is 528 g/mol. The zero-order chi connectivity index (χ0) is 29.9. The van der Waals surface area contributed by atoms with E-state index in [2.05, 4.69) is 21.3 Å². The number of rotatable bonds is 6. The van der Waals surface area contributed by atoms with Crippen LogP contribution in [0.2, 0.25) is 0 Å². The summed E-state index contributed by atoms with van der Waals surface area (Å²) in [6.45, 7) is 8.27. The van der Waals surface area contributed by atoms with E-state index in [9.17, 15) is 14.4 Å². The first-order valence-corrected chi connectivity index (χ1v) is 14.5.